The van der Waals surface area contributed by atoms with E-state index in [-0.39, 0.29) is 23.7 Å². The quantitative estimate of drug-likeness (QED) is 0.686. The summed E-state index contributed by atoms with van der Waals surface area (Å²) in [4.78, 5) is 27.7. The van der Waals surface area contributed by atoms with Crippen molar-refractivity contribution in [2.75, 3.05) is 13.1 Å². The van der Waals surface area contributed by atoms with Gasteiger partial charge in [-0.25, -0.2) is 4.39 Å². The smallest absolute Gasteiger partial charge is 0.256 e. The van der Waals surface area contributed by atoms with E-state index in [2.05, 4.69) is 15.5 Å². The predicted octanol–water partition coefficient (Wildman–Crippen LogP) is 3.71. The number of hydrogen-bond donors (Lipinski definition) is 1. The third-order valence-electron chi connectivity index (χ3n) is 5.54. The summed E-state index contributed by atoms with van der Waals surface area (Å²) in [6.07, 6.45) is 5.81. The maximum Gasteiger partial charge on any atom is 0.256 e. The Morgan fingerprint density at radius 2 is 1.74 bits per heavy atom. The normalized spacial score (nSPS) is 16.0. The van der Waals surface area contributed by atoms with Crippen molar-refractivity contribution in [2.24, 2.45) is 0 Å². The van der Waals surface area contributed by atoms with Crippen LogP contribution in [0.5, 0.6) is 0 Å². The minimum Gasteiger partial charge on any atom is -0.350 e. The zero-order chi connectivity index (χ0) is 21.6. The molecule has 1 aliphatic heterocycles. The second-order valence-corrected chi connectivity index (χ2v) is 7.55. The van der Waals surface area contributed by atoms with Crippen LogP contribution in [0.3, 0.4) is 0 Å². The van der Waals surface area contributed by atoms with Crippen molar-refractivity contribution < 1.29 is 14.0 Å². The molecule has 3 aromatic rings. The Hall–Kier alpha value is -3.61. The van der Waals surface area contributed by atoms with Gasteiger partial charge in [-0.2, -0.15) is 10.2 Å². The Balaban J connectivity index is 1.51. The lowest BCUT2D eigenvalue weighted by molar-refractivity contribution is 0.0602. The van der Waals surface area contributed by atoms with Crippen molar-refractivity contribution in [3.05, 3.63) is 83.9 Å². The molecular weight excluding hydrogens is 395 g/mol. The van der Waals surface area contributed by atoms with Crippen molar-refractivity contribution in [3.63, 3.8) is 0 Å². The van der Waals surface area contributed by atoms with Crippen LogP contribution in [0.4, 0.5) is 4.39 Å². The van der Waals surface area contributed by atoms with E-state index in [1.54, 1.807) is 6.20 Å². The van der Waals surface area contributed by atoms with Crippen LogP contribution in [0.1, 0.15) is 40.0 Å². The highest BCUT2D eigenvalue weighted by Crippen LogP contribution is 2.26. The van der Waals surface area contributed by atoms with Gasteiger partial charge in [0.25, 0.3) is 11.8 Å². The van der Waals surface area contributed by atoms with Gasteiger partial charge >= 0.3 is 0 Å². The molecular formula is C24H23FN4O2. The molecule has 2 heterocycles. The van der Waals surface area contributed by atoms with Crippen LogP contribution in [0, 0.1) is 5.82 Å². The number of likely N-dealkylation sites (tertiary alicyclic amines) is 1. The summed E-state index contributed by atoms with van der Waals surface area (Å²) in [6, 6.07) is 14.9. The molecule has 158 valence electrons. The van der Waals surface area contributed by atoms with E-state index in [9.17, 15) is 14.0 Å². The predicted molar refractivity (Wildman–Crippen MR) is 115 cm³/mol. The summed E-state index contributed by atoms with van der Waals surface area (Å²) in [5, 5.41) is 10.8. The van der Waals surface area contributed by atoms with Crippen molar-refractivity contribution in [1.29, 1.82) is 0 Å². The van der Waals surface area contributed by atoms with Crippen LogP contribution >= 0.6 is 0 Å². The molecule has 1 saturated heterocycles. The van der Waals surface area contributed by atoms with Crippen molar-refractivity contribution in [1.82, 2.24) is 20.4 Å². The number of benzene rings is 2. The number of hydrogen-bond acceptors (Lipinski definition) is 4. The second-order valence-electron chi connectivity index (χ2n) is 7.55. The molecule has 1 atom stereocenters. The van der Waals surface area contributed by atoms with Gasteiger partial charge in [-0.3, -0.25) is 9.59 Å². The number of rotatable bonds is 5. The number of nitrogens with one attached hydrogen (secondary N) is 1. The summed E-state index contributed by atoms with van der Waals surface area (Å²) in [7, 11) is 0. The molecule has 6 nitrogen and oxygen atoms in total. The maximum absolute atomic E-state index is 13.5. The third kappa shape index (κ3) is 4.77. The molecule has 2 aromatic carbocycles. The molecule has 0 aliphatic carbocycles. The first kappa shape index (κ1) is 20.7. The van der Waals surface area contributed by atoms with Gasteiger partial charge in [0.05, 0.1) is 18.0 Å². The van der Waals surface area contributed by atoms with Crippen LogP contribution in [0.15, 0.2) is 67.0 Å². The summed E-state index contributed by atoms with van der Waals surface area (Å²) in [5.41, 5.74) is 2.52. The lowest BCUT2D eigenvalue weighted by Gasteiger charge is -2.36. The Morgan fingerprint density at radius 1 is 1.00 bits per heavy atom. The number of carbonyl (C=O) groups excluding carboxylic acids is 2. The first-order chi connectivity index (χ1) is 15.1. The molecule has 1 N–H and O–H groups in total. The van der Waals surface area contributed by atoms with E-state index >= 15 is 0 Å². The lowest BCUT2D eigenvalue weighted by Crippen LogP contribution is -2.49. The number of halogens is 1. The molecule has 0 bridgehead atoms. The van der Waals surface area contributed by atoms with Crippen LogP contribution in [0.25, 0.3) is 11.1 Å². The Morgan fingerprint density at radius 3 is 2.52 bits per heavy atom. The Labute approximate surface area is 180 Å². The standard InChI is InChI=1S/C24H23FN4O2/c25-19-11-9-18(10-12-19)23(30)26-14-20-8-4-5-13-29(20)24(31)22-16-28-27-15-21(22)17-6-2-1-3-7-17/h1-3,6-7,9-12,15-16,20H,4-5,8,13-14H2,(H,26,30). The first-order valence-electron chi connectivity index (χ1n) is 10.3. The van der Waals surface area contributed by atoms with Gasteiger partial charge in [0.1, 0.15) is 5.82 Å². The van der Waals surface area contributed by atoms with Crippen LogP contribution in [-0.4, -0.2) is 46.0 Å². The van der Waals surface area contributed by atoms with Crippen molar-refractivity contribution in [2.45, 2.75) is 25.3 Å². The van der Waals surface area contributed by atoms with Gasteiger partial charge in [0, 0.05) is 30.3 Å². The third-order valence-corrected chi connectivity index (χ3v) is 5.54. The average molecular weight is 418 g/mol. The number of piperidine rings is 1. The topological polar surface area (TPSA) is 75.2 Å². The van der Waals surface area contributed by atoms with Crippen molar-refractivity contribution in [3.8, 4) is 11.1 Å². The highest BCUT2D eigenvalue weighted by molar-refractivity contribution is 6.00. The number of carbonyl (C=O) groups is 2. The lowest BCUT2D eigenvalue weighted by atomic mass is 9.98. The van der Waals surface area contributed by atoms with E-state index in [0.717, 1.165) is 30.4 Å². The van der Waals surface area contributed by atoms with E-state index < -0.39 is 0 Å². The summed E-state index contributed by atoms with van der Waals surface area (Å²) in [6.45, 7) is 0.952. The minimum absolute atomic E-state index is 0.116. The summed E-state index contributed by atoms with van der Waals surface area (Å²) < 4.78 is 13.1. The zero-order valence-corrected chi connectivity index (χ0v) is 17.0. The van der Waals surface area contributed by atoms with E-state index in [4.69, 9.17) is 0 Å². The molecule has 4 rings (SSSR count). The largest absolute Gasteiger partial charge is 0.350 e. The maximum atomic E-state index is 13.5. The Kier molecular flexibility index (Phi) is 6.31. The monoisotopic (exact) mass is 418 g/mol. The van der Waals surface area contributed by atoms with E-state index in [0.29, 0.717) is 24.2 Å². The number of aromatic nitrogens is 2. The van der Waals surface area contributed by atoms with Gasteiger partial charge in [0.2, 0.25) is 0 Å². The van der Waals surface area contributed by atoms with E-state index in [1.165, 1.54) is 30.5 Å². The van der Waals surface area contributed by atoms with Crippen molar-refractivity contribution >= 4 is 11.8 Å². The molecule has 0 spiro atoms. The fourth-order valence-electron chi connectivity index (χ4n) is 3.89. The van der Waals surface area contributed by atoms with Gasteiger partial charge in [0.15, 0.2) is 0 Å². The number of nitrogens with zero attached hydrogens (tertiary/aromatic N) is 3. The second kappa shape index (κ2) is 9.47. The highest BCUT2D eigenvalue weighted by atomic mass is 19.1. The molecule has 1 fully saturated rings. The summed E-state index contributed by atoms with van der Waals surface area (Å²) in [5.74, 6) is -0.788. The van der Waals surface area contributed by atoms with E-state index in [1.807, 2.05) is 35.2 Å². The molecule has 1 aliphatic rings. The molecule has 1 unspecified atom stereocenters. The first-order valence-corrected chi connectivity index (χ1v) is 10.3. The molecule has 1 aromatic heterocycles. The number of amides is 2. The summed E-state index contributed by atoms with van der Waals surface area (Å²) >= 11 is 0. The van der Waals surface area contributed by atoms with Gasteiger partial charge in [-0.1, -0.05) is 30.3 Å². The Bertz CT molecular complexity index is 1060. The van der Waals surface area contributed by atoms with Gasteiger partial charge in [-0.05, 0) is 49.1 Å². The van der Waals surface area contributed by atoms with Crippen LogP contribution in [-0.2, 0) is 0 Å². The van der Waals surface area contributed by atoms with Crippen LogP contribution in [0.2, 0.25) is 0 Å². The zero-order valence-electron chi connectivity index (χ0n) is 17.0. The van der Waals surface area contributed by atoms with Gasteiger partial charge < -0.3 is 10.2 Å². The van der Waals surface area contributed by atoms with Crippen LogP contribution < -0.4 is 5.32 Å². The minimum atomic E-state index is -0.388. The fourth-order valence-corrected chi connectivity index (χ4v) is 3.89. The average Bonchev–Trinajstić information content (AvgIpc) is 2.83. The SMILES string of the molecule is O=C(NCC1CCCCN1C(=O)c1cnncc1-c1ccccc1)c1ccc(F)cc1. The van der Waals surface area contributed by atoms with Gasteiger partial charge in [-0.15, -0.1) is 0 Å². The highest BCUT2D eigenvalue weighted by Gasteiger charge is 2.29. The molecule has 7 heteroatoms. The molecule has 31 heavy (non-hydrogen) atoms. The molecule has 2 amide bonds. The molecule has 0 radical (unpaired) electrons. The molecule has 0 saturated carbocycles. The fraction of sp³-hybridized carbons (Fsp3) is 0.250.